The van der Waals surface area contributed by atoms with Crippen LogP contribution in [0.4, 0.5) is 51.6 Å². The summed E-state index contributed by atoms with van der Waals surface area (Å²) < 4.78 is 2.03. The van der Waals surface area contributed by atoms with E-state index in [1.807, 2.05) is 97.3 Å². The van der Waals surface area contributed by atoms with Gasteiger partial charge < -0.3 is 75.8 Å². The van der Waals surface area contributed by atoms with Crippen LogP contribution in [0.15, 0.2) is 165 Å². The molecule has 0 spiro atoms. The number of aryl methyl sites for hydroxylation is 2. The van der Waals surface area contributed by atoms with Crippen LogP contribution in [0.2, 0.25) is 0 Å². The van der Waals surface area contributed by atoms with Gasteiger partial charge in [-0.15, -0.1) is 0 Å². The van der Waals surface area contributed by atoms with E-state index in [2.05, 4.69) is 191 Å². The Morgan fingerprint density at radius 2 is 0.832 bits per heavy atom. The van der Waals surface area contributed by atoms with Gasteiger partial charge in [0, 0.05) is 186 Å². The van der Waals surface area contributed by atoms with E-state index in [4.69, 9.17) is 0 Å². The van der Waals surface area contributed by atoms with Gasteiger partial charge in [0.25, 0.3) is 17.7 Å². The first-order valence-corrected chi connectivity index (χ1v) is 34.5. The summed E-state index contributed by atoms with van der Waals surface area (Å²) in [7, 11) is 8.45. The van der Waals surface area contributed by atoms with Crippen molar-refractivity contribution in [2.75, 3.05) is 130 Å². The number of nitrogens with zero attached hydrogens (tertiary/aromatic N) is 12. The summed E-state index contributed by atoms with van der Waals surface area (Å²) in [6.45, 7) is 16.0. The third kappa shape index (κ3) is 12.7. The molecule has 14 heterocycles. The topological polar surface area (TPSA) is 244 Å². The Morgan fingerprint density at radius 1 is 0.396 bits per heavy atom. The lowest BCUT2D eigenvalue weighted by Gasteiger charge is -2.33. The van der Waals surface area contributed by atoms with Gasteiger partial charge in [0.05, 0.1) is 69.4 Å². The van der Waals surface area contributed by atoms with Crippen LogP contribution in [0.25, 0.3) is 66.2 Å². The highest BCUT2D eigenvalue weighted by atomic mass is 16.2. The van der Waals surface area contributed by atoms with Gasteiger partial charge in [-0.1, -0.05) is 30.3 Å². The van der Waals surface area contributed by atoms with Crippen LogP contribution in [0.1, 0.15) is 53.3 Å². The van der Waals surface area contributed by atoms with Gasteiger partial charge in [-0.3, -0.25) is 19.4 Å². The molecule has 101 heavy (non-hydrogen) atoms. The van der Waals surface area contributed by atoms with Crippen LogP contribution < -0.4 is 46.6 Å². The highest BCUT2D eigenvalue weighted by molar-refractivity contribution is 6.10. The van der Waals surface area contributed by atoms with Crippen molar-refractivity contribution in [1.29, 1.82) is 0 Å². The number of rotatable bonds is 12. The molecule has 0 bridgehead atoms. The van der Waals surface area contributed by atoms with E-state index >= 15 is 0 Å². The molecule has 0 unspecified atom stereocenters. The van der Waals surface area contributed by atoms with E-state index in [1.54, 1.807) is 12.4 Å². The molecule has 0 atom stereocenters. The lowest BCUT2D eigenvalue weighted by molar-refractivity contribution is 0.0958. The minimum absolute atomic E-state index is 0.0518. The molecule has 8 N–H and O–H groups in total. The maximum Gasteiger partial charge on any atom is 0.254 e. The van der Waals surface area contributed by atoms with E-state index in [-0.39, 0.29) is 17.7 Å². The number of likely N-dealkylation sites (N-methyl/N-ethyl adjacent to an activating group) is 3. The normalized spacial score (nSPS) is 16.1. The number of aromatic amines is 2. The molecule has 23 nitrogen and oxygen atoms in total. The molecule has 6 aliphatic rings. The molecule has 3 amide bonds. The van der Waals surface area contributed by atoms with Gasteiger partial charge in [-0.25, -0.2) is 19.9 Å². The number of piperazine rings is 3. The molecule has 0 radical (unpaired) electrons. The predicted molar refractivity (Wildman–Crippen MR) is 401 cm³/mol. The van der Waals surface area contributed by atoms with Crippen LogP contribution >= 0.6 is 0 Å². The van der Waals surface area contributed by atoms with Crippen molar-refractivity contribution in [1.82, 2.24) is 70.1 Å². The Hall–Kier alpha value is -11.7. The third-order valence-electron chi connectivity index (χ3n) is 20.5. The fraction of sp³-hybridized carbons (Fsp3) is 0.256. The Labute approximate surface area is 585 Å². The molecular weight excluding hydrogens is 1260 g/mol. The minimum atomic E-state index is -0.0682. The number of fused-ring (bicyclic) bond motifs is 6. The van der Waals surface area contributed by atoms with Crippen molar-refractivity contribution in [3.8, 4) is 33.4 Å². The van der Waals surface area contributed by atoms with Crippen molar-refractivity contribution in [2.24, 2.45) is 7.05 Å². The van der Waals surface area contributed by atoms with Gasteiger partial charge in [0.2, 0.25) is 0 Å². The van der Waals surface area contributed by atoms with E-state index in [0.29, 0.717) is 36.3 Å². The number of amides is 3. The summed E-state index contributed by atoms with van der Waals surface area (Å²) in [6, 6.07) is 36.8. The van der Waals surface area contributed by atoms with E-state index in [9.17, 15) is 14.4 Å². The molecule has 18 rings (SSSR count). The summed E-state index contributed by atoms with van der Waals surface area (Å²) in [5.41, 5.74) is 21.4. The second kappa shape index (κ2) is 27.2. The maximum atomic E-state index is 12.8. The molecule has 0 aliphatic carbocycles. The molecule has 510 valence electrons. The minimum Gasteiger partial charge on any atom is -0.368 e. The van der Waals surface area contributed by atoms with E-state index in [1.165, 1.54) is 5.56 Å². The smallest absolute Gasteiger partial charge is 0.254 e. The number of H-pyrrole nitrogens is 2. The molecule has 3 saturated heterocycles. The van der Waals surface area contributed by atoms with Gasteiger partial charge >= 0.3 is 0 Å². The molecule has 6 aliphatic heterocycles. The molecule has 12 aromatic rings. The number of nitrogens with one attached hydrogen (secondary N) is 8. The van der Waals surface area contributed by atoms with E-state index < -0.39 is 0 Å². The first-order chi connectivity index (χ1) is 49.3. The maximum absolute atomic E-state index is 12.8. The number of benzene rings is 4. The predicted octanol–water partition coefficient (Wildman–Crippen LogP) is 11.0. The fourth-order valence-electron chi connectivity index (χ4n) is 14.7. The summed E-state index contributed by atoms with van der Waals surface area (Å²) in [4.78, 5) is 81.8. The van der Waals surface area contributed by atoms with Crippen molar-refractivity contribution in [2.45, 2.75) is 26.6 Å². The molecule has 4 aromatic carbocycles. The largest absolute Gasteiger partial charge is 0.368 e. The molecule has 23 heteroatoms. The van der Waals surface area contributed by atoms with Gasteiger partial charge in [-0.05, 0) is 146 Å². The van der Waals surface area contributed by atoms with Crippen molar-refractivity contribution in [3.05, 3.63) is 204 Å². The van der Waals surface area contributed by atoms with Crippen LogP contribution in [0.3, 0.4) is 0 Å². The lowest BCUT2D eigenvalue weighted by atomic mass is 9.95. The SMILES string of the molecule is CN1CCN(c2ccc(Nc3ccc(-c4c[nH]c5ccncc45)c4c3C(=O)NC4)nc2)CC1.CN1CCN(c2ccc(Nc3ccc(-c4cn(C)c5ncccc45)c4c3C(=O)NC4)nc2)CC1.Cc1ccc2c(-c3ccc(Nc4ccc(N5CCN(C)CC5)cn4)c4c3CNC4=O)c[nH]c2c1. The van der Waals surface area contributed by atoms with Crippen molar-refractivity contribution >= 4 is 102 Å². The number of aromatic nitrogens is 8. The Bertz CT molecular complexity index is 5120. The zero-order valence-electron chi connectivity index (χ0n) is 57.3. The van der Waals surface area contributed by atoms with Gasteiger partial charge in [0.15, 0.2) is 0 Å². The molecule has 3 fully saturated rings. The average Bonchev–Trinajstić information content (AvgIpc) is 1.62. The number of hydrogen-bond donors (Lipinski definition) is 8. The van der Waals surface area contributed by atoms with Crippen LogP contribution in [0, 0.1) is 6.92 Å². The zero-order valence-corrected chi connectivity index (χ0v) is 57.3. The molecular formula is C78H80N20O3. The number of anilines is 9. The average molecular weight is 1350 g/mol. The summed E-state index contributed by atoms with van der Waals surface area (Å²) in [6.07, 6.45) is 17.3. The highest BCUT2D eigenvalue weighted by Gasteiger charge is 2.31. The number of hydrogen-bond acceptors (Lipinski definition) is 17. The standard InChI is InChI=1S/C27H28N6O.C26H27N7O.C25H25N7O/c1-17-3-5-20-21(15-28-24(20)13-17)19-6-7-23(26-22(19)16-30-27(26)34)31-25-8-4-18(14-29-25)33-11-9-32(2)10-12-33;1-31-10-12-33(13-11-31)17-5-8-23(28-14-17)30-22-7-6-18(20-15-29-26(34)24(20)22)21-16-32(2)25-19(21)4-3-9-27-25;1-31-8-10-32(11-9-31)16-2-5-23(28-12-16)30-22-4-3-17(20-15-29-25(33)24(20)22)18-14-27-21-6-7-26-13-19(18)21/h3-8,13-15,28H,9-12,16H2,1-2H3,(H,29,31)(H,30,34);3-9,14,16H,10-13,15H2,1-2H3,(H,28,30)(H,29,34);2-7,12-14,27H,8-11,15H2,1H3,(H,28,30)(H,29,33). The fourth-order valence-corrected chi connectivity index (χ4v) is 14.7. The Balaban J connectivity index is 0.000000118. The summed E-state index contributed by atoms with van der Waals surface area (Å²) in [5.74, 6) is 1.99. The number of carbonyl (C=O) groups is 3. The third-order valence-corrected chi connectivity index (χ3v) is 20.5. The quantitative estimate of drug-likeness (QED) is 0.0567. The van der Waals surface area contributed by atoms with Crippen molar-refractivity contribution < 1.29 is 14.4 Å². The molecule has 8 aromatic heterocycles. The lowest BCUT2D eigenvalue weighted by Crippen LogP contribution is -2.44. The monoisotopic (exact) mass is 1340 g/mol. The second-order valence-electron chi connectivity index (χ2n) is 26.9. The summed E-state index contributed by atoms with van der Waals surface area (Å²) in [5, 5.41) is 22.4. The van der Waals surface area contributed by atoms with Crippen LogP contribution in [0.5, 0.6) is 0 Å². The zero-order chi connectivity index (χ0) is 68.8. The van der Waals surface area contributed by atoms with Crippen LogP contribution in [-0.4, -0.2) is 172 Å². The van der Waals surface area contributed by atoms with Gasteiger partial charge in [-0.2, -0.15) is 0 Å². The van der Waals surface area contributed by atoms with Crippen molar-refractivity contribution in [3.63, 3.8) is 0 Å². The highest BCUT2D eigenvalue weighted by Crippen LogP contribution is 2.42. The number of carbonyl (C=O) groups excluding carboxylic acids is 3. The van der Waals surface area contributed by atoms with Crippen LogP contribution in [-0.2, 0) is 26.7 Å². The Kier molecular flexibility index (Phi) is 17.3. The number of pyridine rings is 5. The summed E-state index contributed by atoms with van der Waals surface area (Å²) >= 11 is 0. The first-order valence-electron chi connectivity index (χ1n) is 34.5. The first kappa shape index (κ1) is 64.0. The second-order valence-corrected chi connectivity index (χ2v) is 26.9. The van der Waals surface area contributed by atoms with E-state index in [0.717, 1.165) is 213 Å². The van der Waals surface area contributed by atoms with Gasteiger partial charge in [0.1, 0.15) is 23.1 Å². The Morgan fingerprint density at radius 3 is 1.28 bits per heavy atom. The molecule has 0 saturated carbocycles.